The highest BCUT2D eigenvalue weighted by Gasteiger charge is 2.17. The summed E-state index contributed by atoms with van der Waals surface area (Å²) in [7, 11) is -4.06. The van der Waals surface area contributed by atoms with Gasteiger partial charge in [0.05, 0.1) is 4.90 Å². The van der Waals surface area contributed by atoms with Gasteiger partial charge in [-0.25, -0.2) is 17.2 Å². The Morgan fingerprint density at radius 2 is 1.87 bits per heavy atom. The molecule has 0 saturated heterocycles. The fraction of sp³-hybridized carbons (Fsp3) is 0. The number of sulfonamides is 1. The lowest BCUT2D eigenvalue weighted by molar-refractivity contribution is 0.504. The van der Waals surface area contributed by atoms with E-state index in [1.54, 1.807) is 12.1 Å². The van der Waals surface area contributed by atoms with Gasteiger partial charge in [0.1, 0.15) is 0 Å². The maximum Gasteiger partial charge on any atom is 0.261 e. The number of halogens is 2. The zero-order chi connectivity index (χ0) is 16.4. The first-order valence-electron chi connectivity index (χ1n) is 6.27. The number of benzene rings is 2. The third kappa shape index (κ3) is 3.16. The van der Waals surface area contributed by atoms with E-state index in [0.717, 1.165) is 12.1 Å². The van der Waals surface area contributed by atoms with Crippen molar-refractivity contribution in [3.63, 3.8) is 0 Å². The zero-order valence-electron chi connectivity index (χ0n) is 11.4. The van der Waals surface area contributed by atoms with Crippen LogP contribution in [0.2, 0.25) is 0 Å². The molecule has 1 aromatic heterocycles. The fourth-order valence-corrected chi connectivity index (χ4v) is 2.92. The van der Waals surface area contributed by atoms with E-state index in [2.05, 4.69) is 25.3 Å². The van der Waals surface area contributed by atoms with Gasteiger partial charge in [0.2, 0.25) is 5.82 Å². The predicted molar refractivity (Wildman–Crippen MR) is 76.8 cm³/mol. The average molecular weight is 337 g/mol. The molecule has 2 N–H and O–H groups in total. The first-order valence-corrected chi connectivity index (χ1v) is 7.76. The average Bonchev–Trinajstić information content (AvgIpc) is 3.04. The van der Waals surface area contributed by atoms with Gasteiger partial charge in [0, 0.05) is 11.3 Å². The molecule has 7 nitrogen and oxygen atoms in total. The van der Waals surface area contributed by atoms with E-state index in [0.29, 0.717) is 17.5 Å². The maximum atomic E-state index is 13.2. The molecule has 10 heteroatoms. The summed E-state index contributed by atoms with van der Waals surface area (Å²) >= 11 is 0. The highest BCUT2D eigenvalue weighted by molar-refractivity contribution is 7.92. The molecule has 0 spiro atoms. The van der Waals surface area contributed by atoms with Gasteiger partial charge in [-0.1, -0.05) is 12.1 Å². The second-order valence-corrected chi connectivity index (χ2v) is 6.18. The van der Waals surface area contributed by atoms with Gasteiger partial charge in [-0.3, -0.25) is 4.72 Å². The number of rotatable bonds is 4. The first kappa shape index (κ1) is 15.0. The van der Waals surface area contributed by atoms with Gasteiger partial charge in [-0.15, -0.1) is 10.2 Å². The Bertz CT molecular complexity index is 945. The number of hydrogen-bond acceptors (Lipinski definition) is 5. The van der Waals surface area contributed by atoms with Gasteiger partial charge in [-0.05, 0) is 35.5 Å². The molecule has 1 heterocycles. The Hall–Kier alpha value is -2.88. The summed E-state index contributed by atoms with van der Waals surface area (Å²) in [5, 5.41) is 13.3. The summed E-state index contributed by atoms with van der Waals surface area (Å²) in [6.07, 6.45) is 0. The fourth-order valence-electron chi connectivity index (χ4n) is 1.86. The molecule has 0 aliphatic carbocycles. The minimum atomic E-state index is -4.06. The van der Waals surface area contributed by atoms with Crippen molar-refractivity contribution in [2.24, 2.45) is 0 Å². The summed E-state index contributed by atoms with van der Waals surface area (Å²) in [5.74, 6) is -2.07. The van der Waals surface area contributed by atoms with E-state index in [-0.39, 0.29) is 10.6 Å². The Morgan fingerprint density at radius 3 is 2.57 bits per heavy atom. The van der Waals surface area contributed by atoms with Crippen LogP contribution in [0.1, 0.15) is 0 Å². The number of aromatic nitrogens is 4. The van der Waals surface area contributed by atoms with Gasteiger partial charge >= 0.3 is 0 Å². The zero-order valence-corrected chi connectivity index (χ0v) is 12.2. The van der Waals surface area contributed by atoms with Crippen LogP contribution < -0.4 is 4.72 Å². The summed E-state index contributed by atoms with van der Waals surface area (Å²) in [4.78, 5) is -0.388. The number of nitrogens with zero attached hydrogens (tertiary/aromatic N) is 3. The van der Waals surface area contributed by atoms with Crippen LogP contribution in [0, 0.1) is 11.6 Å². The molecular weight excluding hydrogens is 328 g/mol. The third-order valence-electron chi connectivity index (χ3n) is 2.92. The molecule has 3 rings (SSSR count). The van der Waals surface area contributed by atoms with Crippen LogP contribution in [-0.4, -0.2) is 29.0 Å². The highest BCUT2D eigenvalue weighted by atomic mass is 32.2. The van der Waals surface area contributed by atoms with Gasteiger partial charge in [0.25, 0.3) is 10.0 Å². The number of tetrazole rings is 1. The predicted octanol–water partition coefficient (Wildman–Crippen LogP) is 1.95. The SMILES string of the molecule is O=S(=O)(Nc1cccc(-c2nn[nH]n2)c1)c1ccc(F)c(F)c1. The molecule has 0 saturated carbocycles. The first-order chi connectivity index (χ1) is 11.0. The van der Waals surface area contributed by atoms with Crippen molar-refractivity contribution >= 4 is 15.7 Å². The lowest BCUT2D eigenvalue weighted by atomic mass is 10.2. The molecule has 0 bridgehead atoms. The number of hydrogen-bond donors (Lipinski definition) is 2. The Kier molecular flexibility index (Phi) is 3.74. The lowest BCUT2D eigenvalue weighted by Gasteiger charge is -2.09. The molecular formula is C13H9F2N5O2S. The summed E-state index contributed by atoms with van der Waals surface area (Å²) in [6.45, 7) is 0. The van der Waals surface area contributed by atoms with Crippen LogP contribution in [0.25, 0.3) is 11.4 Å². The molecule has 0 aliphatic heterocycles. The van der Waals surface area contributed by atoms with Crippen molar-refractivity contribution < 1.29 is 17.2 Å². The van der Waals surface area contributed by atoms with Crippen LogP contribution in [0.15, 0.2) is 47.4 Å². The van der Waals surface area contributed by atoms with Crippen LogP contribution in [0.5, 0.6) is 0 Å². The molecule has 118 valence electrons. The quantitative estimate of drug-likeness (QED) is 0.758. The standard InChI is InChI=1S/C13H9F2N5O2S/c14-11-5-4-10(7-12(11)15)23(21,22)18-9-3-1-2-8(6-9)13-16-19-20-17-13/h1-7,18H,(H,16,17,19,20). The molecule has 0 aliphatic rings. The van der Waals surface area contributed by atoms with Crippen molar-refractivity contribution in [2.75, 3.05) is 4.72 Å². The van der Waals surface area contributed by atoms with Crippen molar-refractivity contribution in [3.8, 4) is 11.4 Å². The van der Waals surface area contributed by atoms with Crippen molar-refractivity contribution in [1.82, 2.24) is 20.6 Å². The van der Waals surface area contributed by atoms with Crippen LogP contribution in [-0.2, 0) is 10.0 Å². The summed E-state index contributed by atoms with van der Waals surface area (Å²) < 4.78 is 52.8. The van der Waals surface area contributed by atoms with Crippen molar-refractivity contribution in [2.45, 2.75) is 4.90 Å². The lowest BCUT2D eigenvalue weighted by Crippen LogP contribution is -2.13. The summed E-state index contributed by atoms with van der Waals surface area (Å²) in [5.41, 5.74) is 0.751. The molecule has 0 fully saturated rings. The molecule has 0 unspecified atom stereocenters. The minimum absolute atomic E-state index is 0.219. The normalized spacial score (nSPS) is 11.4. The molecule has 0 atom stereocenters. The van der Waals surface area contributed by atoms with Gasteiger partial charge < -0.3 is 0 Å². The number of H-pyrrole nitrogens is 1. The van der Waals surface area contributed by atoms with Crippen LogP contribution in [0.3, 0.4) is 0 Å². The molecule has 3 aromatic rings. The van der Waals surface area contributed by atoms with E-state index in [1.807, 2.05) is 0 Å². The number of anilines is 1. The summed E-state index contributed by atoms with van der Waals surface area (Å²) in [6, 6.07) is 8.59. The Morgan fingerprint density at radius 1 is 1.04 bits per heavy atom. The largest absolute Gasteiger partial charge is 0.280 e. The third-order valence-corrected chi connectivity index (χ3v) is 4.30. The van der Waals surface area contributed by atoms with E-state index in [9.17, 15) is 17.2 Å². The van der Waals surface area contributed by atoms with Gasteiger partial charge in [-0.2, -0.15) is 5.21 Å². The van der Waals surface area contributed by atoms with Gasteiger partial charge in [0.15, 0.2) is 11.6 Å². The molecule has 0 amide bonds. The highest BCUT2D eigenvalue weighted by Crippen LogP contribution is 2.22. The minimum Gasteiger partial charge on any atom is -0.280 e. The topological polar surface area (TPSA) is 101 Å². The smallest absolute Gasteiger partial charge is 0.261 e. The molecule has 23 heavy (non-hydrogen) atoms. The maximum absolute atomic E-state index is 13.2. The van der Waals surface area contributed by atoms with E-state index in [4.69, 9.17) is 0 Å². The number of aromatic amines is 1. The van der Waals surface area contributed by atoms with Crippen molar-refractivity contribution in [3.05, 3.63) is 54.1 Å². The van der Waals surface area contributed by atoms with E-state index < -0.39 is 21.7 Å². The molecule has 0 radical (unpaired) electrons. The second-order valence-electron chi connectivity index (χ2n) is 4.50. The van der Waals surface area contributed by atoms with E-state index in [1.165, 1.54) is 12.1 Å². The Labute approximate surface area is 129 Å². The van der Waals surface area contributed by atoms with Crippen LogP contribution >= 0.6 is 0 Å². The molecule has 2 aromatic carbocycles. The Balaban J connectivity index is 1.91. The second kappa shape index (κ2) is 5.72. The monoisotopic (exact) mass is 337 g/mol. The number of nitrogens with one attached hydrogen (secondary N) is 2. The van der Waals surface area contributed by atoms with Crippen LogP contribution in [0.4, 0.5) is 14.5 Å². The van der Waals surface area contributed by atoms with E-state index >= 15 is 0 Å². The van der Waals surface area contributed by atoms with Crippen molar-refractivity contribution in [1.29, 1.82) is 0 Å².